The number of H-pyrrole nitrogens is 1. The molecule has 13 heteroatoms. The summed E-state index contributed by atoms with van der Waals surface area (Å²) in [5.41, 5.74) is 1.09. The van der Waals surface area contributed by atoms with Gasteiger partial charge in [0.1, 0.15) is 23.8 Å². The summed E-state index contributed by atoms with van der Waals surface area (Å²) in [5.74, 6) is -2.21. The normalized spacial score (nSPS) is 23.1. The molecule has 1 aliphatic heterocycles. The van der Waals surface area contributed by atoms with E-state index in [1.54, 1.807) is 20.8 Å². The average Bonchev–Trinajstić information content (AvgIpc) is 3.48. The summed E-state index contributed by atoms with van der Waals surface area (Å²) < 4.78 is 0. The highest BCUT2D eigenvalue weighted by molar-refractivity contribution is 7.98. The maximum Gasteiger partial charge on any atom is 0.272 e. The van der Waals surface area contributed by atoms with Crippen LogP contribution < -0.4 is 21.3 Å². The first kappa shape index (κ1) is 31.7. The van der Waals surface area contributed by atoms with Crippen molar-refractivity contribution in [3.05, 3.63) is 54.1 Å². The van der Waals surface area contributed by atoms with Crippen LogP contribution in [0.2, 0.25) is 0 Å². The fourth-order valence-electron chi connectivity index (χ4n) is 4.49. The molecule has 5 N–H and O–H groups in total. The van der Waals surface area contributed by atoms with Crippen molar-refractivity contribution in [1.29, 1.82) is 0 Å². The van der Waals surface area contributed by atoms with Crippen molar-refractivity contribution < 1.29 is 24.0 Å². The third-order valence-corrected chi connectivity index (χ3v) is 7.37. The number of aromatic nitrogens is 2. The second kappa shape index (κ2) is 15.2. The van der Waals surface area contributed by atoms with E-state index in [0.717, 1.165) is 5.56 Å². The Labute approximate surface area is 244 Å². The zero-order valence-electron chi connectivity index (χ0n) is 23.8. The first-order valence-electron chi connectivity index (χ1n) is 13.6. The molecule has 222 valence electrons. The van der Waals surface area contributed by atoms with Crippen LogP contribution in [0.3, 0.4) is 0 Å². The van der Waals surface area contributed by atoms with Gasteiger partial charge in [-0.2, -0.15) is 11.8 Å². The Morgan fingerprint density at radius 3 is 2.39 bits per heavy atom. The van der Waals surface area contributed by atoms with E-state index < -0.39 is 53.7 Å². The molecule has 1 saturated heterocycles. The van der Waals surface area contributed by atoms with Gasteiger partial charge in [0.15, 0.2) is 0 Å². The van der Waals surface area contributed by atoms with Crippen molar-refractivity contribution in [1.82, 2.24) is 36.1 Å². The lowest BCUT2D eigenvalue weighted by Crippen LogP contribution is -2.57. The maximum absolute atomic E-state index is 13.4. The number of thioether (sulfide) groups is 1. The maximum atomic E-state index is 13.4. The summed E-state index contributed by atoms with van der Waals surface area (Å²) in [6.45, 7) is 4.75. The van der Waals surface area contributed by atoms with Crippen LogP contribution in [-0.2, 0) is 25.6 Å². The van der Waals surface area contributed by atoms with Crippen molar-refractivity contribution in [3.8, 4) is 0 Å². The zero-order chi connectivity index (χ0) is 29.9. The lowest BCUT2D eigenvalue weighted by Gasteiger charge is -2.29. The number of amides is 5. The second-order valence-corrected chi connectivity index (χ2v) is 11.4. The number of rotatable bonds is 7. The Morgan fingerprint density at radius 1 is 1.02 bits per heavy atom. The van der Waals surface area contributed by atoms with Crippen LogP contribution in [0.1, 0.15) is 43.2 Å². The lowest BCUT2D eigenvalue weighted by atomic mass is 10.0. The minimum atomic E-state index is -0.946. The summed E-state index contributed by atoms with van der Waals surface area (Å²) in [6.07, 6.45) is 5.32. The fourth-order valence-corrected chi connectivity index (χ4v) is 4.96. The molecule has 0 unspecified atom stereocenters. The molecule has 2 aromatic rings. The molecule has 1 aromatic heterocycles. The highest BCUT2D eigenvalue weighted by atomic mass is 32.2. The van der Waals surface area contributed by atoms with Gasteiger partial charge in [-0.15, -0.1) is 0 Å². The van der Waals surface area contributed by atoms with Crippen LogP contribution in [0.15, 0.2) is 42.9 Å². The predicted molar refractivity (Wildman–Crippen MR) is 156 cm³/mol. The van der Waals surface area contributed by atoms with Gasteiger partial charge in [0.25, 0.3) is 5.91 Å². The van der Waals surface area contributed by atoms with Gasteiger partial charge in [0.2, 0.25) is 23.6 Å². The van der Waals surface area contributed by atoms with Gasteiger partial charge >= 0.3 is 0 Å². The van der Waals surface area contributed by atoms with Gasteiger partial charge in [0.05, 0.1) is 25.1 Å². The average molecular weight is 586 g/mol. The van der Waals surface area contributed by atoms with E-state index in [-0.39, 0.29) is 24.7 Å². The van der Waals surface area contributed by atoms with E-state index in [0.29, 0.717) is 18.6 Å². The zero-order valence-corrected chi connectivity index (χ0v) is 24.6. The molecule has 1 fully saturated rings. The van der Waals surface area contributed by atoms with Gasteiger partial charge in [-0.1, -0.05) is 44.2 Å². The molecule has 4 atom stereocenters. The number of benzene rings is 1. The molecule has 0 radical (unpaired) electrons. The van der Waals surface area contributed by atoms with Crippen molar-refractivity contribution in [2.75, 3.05) is 25.1 Å². The second-order valence-electron chi connectivity index (χ2n) is 10.4. The number of nitrogens with one attached hydrogen (secondary N) is 5. The minimum Gasteiger partial charge on any atom is -0.349 e. The van der Waals surface area contributed by atoms with Crippen molar-refractivity contribution in [3.63, 3.8) is 0 Å². The quantitative estimate of drug-likeness (QED) is 0.315. The molecule has 41 heavy (non-hydrogen) atoms. The first-order valence-corrected chi connectivity index (χ1v) is 15.0. The number of aromatic amines is 1. The lowest BCUT2D eigenvalue weighted by molar-refractivity contribution is -0.134. The van der Waals surface area contributed by atoms with E-state index in [1.165, 1.54) is 29.2 Å². The Hall–Kier alpha value is -3.87. The Bertz CT molecular complexity index is 1190. The van der Waals surface area contributed by atoms with Crippen LogP contribution in [0.25, 0.3) is 0 Å². The van der Waals surface area contributed by atoms with Gasteiger partial charge in [-0.25, -0.2) is 4.98 Å². The smallest absolute Gasteiger partial charge is 0.272 e. The number of imidazole rings is 1. The summed E-state index contributed by atoms with van der Waals surface area (Å²) >= 11 is 1.52. The Kier molecular flexibility index (Phi) is 11.7. The molecule has 1 aromatic carbocycles. The van der Waals surface area contributed by atoms with Gasteiger partial charge in [-0.05, 0) is 43.3 Å². The SMILES string of the molecule is CSCC[C@@H]1NC(=O)[C@H](C(C)C)NC(=O)CN(C(=O)c2cnc[nH]2)C[C@@H](Cc2ccccc2)NC(=O)[C@H](C)NC1=O. The highest BCUT2D eigenvalue weighted by Gasteiger charge is 2.32. The third-order valence-electron chi connectivity index (χ3n) is 6.72. The largest absolute Gasteiger partial charge is 0.349 e. The third kappa shape index (κ3) is 9.34. The first-order chi connectivity index (χ1) is 19.6. The van der Waals surface area contributed by atoms with Crippen molar-refractivity contribution in [2.45, 2.75) is 57.8 Å². The number of hydrogen-bond donors (Lipinski definition) is 5. The molecular formula is C28H39N7O5S. The van der Waals surface area contributed by atoms with E-state index >= 15 is 0 Å². The number of carbonyl (C=O) groups is 5. The Balaban J connectivity index is 1.98. The molecule has 2 heterocycles. The Morgan fingerprint density at radius 2 is 1.76 bits per heavy atom. The highest BCUT2D eigenvalue weighted by Crippen LogP contribution is 2.11. The fraction of sp³-hybridized carbons (Fsp3) is 0.500. The standard InChI is InChI=1S/C28H39N7O5S/c1-17(2)24-27(39)33-21(10-11-41-4)26(38)31-18(3)25(37)32-20(12-19-8-6-5-7-9-19)14-35(15-23(36)34-24)28(40)22-13-29-16-30-22/h5-9,13,16-18,20-21,24H,10-12,14-15H2,1-4H3,(H,29,30)(H,31,38)(H,32,37)(H,33,39)(H,34,36)/t18-,20+,21-,24-/m0/s1. The van der Waals surface area contributed by atoms with Crippen LogP contribution in [0, 0.1) is 5.92 Å². The minimum absolute atomic E-state index is 0.0124. The molecule has 12 nitrogen and oxygen atoms in total. The predicted octanol–water partition coefficient (Wildman–Crippen LogP) is 0.476. The number of carbonyl (C=O) groups excluding carboxylic acids is 5. The summed E-state index contributed by atoms with van der Waals surface area (Å²) in [5, 5.41) is 11.2. The van der Waals surface area contributed by atoms with Crippen molar-refractivity contribution in [2.24, 2.45) is 5.92 Å². The van der Waals surface area contributed by atoms with Crippen LogP contribution >= 0.6 is 11.8 Å². The summed E-state index contributed by atoms with van der Waals surface area (Å²) in [4.78, 5) is 74.5. The van der Waals surface area contributed by atoms with E-state index in [1.807, 2.05) is 36.6 Å². The molecule has 3 rings (SSSR count). The molecular weight excluding hydrogens is 546 g/mol. The topological polar surface area (TPSA) is 165 Å². The molecule has 0 aliphatic carbocycles. The van der Waals surface area contributed by atoms with Gasteiger partial charge in [-0.3, -0.25) is 24.0 Å². The van der Waals surface area contributed by atoms with Crippen LogP contribution in [0.5, 0.6) is 0 Å². The number of nitrogens with zero attached hydrogens (tertiary/aromatic N) is 2. The molecule has 1 aliphatic rings. The van der Waals surface area contributed by atoms with Crippen LogP contribution in [-0.4, -0.2) is 93.7 Å². The molecule has 5 amide bonds. The monoisotopic (exact) mass is 585 g/mol. The molecule has 0 bridgehead atoms. The summed E-state index contributed by atoms with van der Waals surface area (Å²) in [7, 11) is 0. The van der Waals surface area contributed by atoms with E-state index in [9.17, 15) is 24.0 Å². The van der Waals surface area contributed by atoms with Gasteiger partial charge < -0.3 is 31.2 Å². The molecule has 0 saturated carbocycles. The summed E-state index contributed by atoms with van der Waals surface area (Å²) in [6, 6.07) is 6.08. The van der Waals surface area contributed by atoms with Crippen LogP contribution in [0.4, 0.5) is 0 Å². The van der Waals surface area contributed by atoms with E-state index in [2.05, 4.69) is 31.2 Å². The molecule has 0 spiro atoms. The van der Waals surface area contributed by atoms with Gasteiger partial charge in [0, 0.05) is 6.54 Å². The van der Waals surface area contributed by atoms with Crippen molar-refractivity contribution >= 4 is 41.3 Å². The number of hydrogen-bond acceptors (Lipinski definition) is 7. The van der Waals surface area contributed by atoms with E-state index in [4.69, 9.17) is 0 Å².